The van der Waals surface area contributed by atoms with E-state index < -0.39 is 86.7 Å². The molecule has 40 heavy (non-hydrogen) atoms. The fraction of sp³-hybridized carbons (Fsp3) is 0.500. The van der Waals surface area contributed by atoms with Gasteiger partial charge < -0.3 is 31.5 Å². The second-order valence-corrected chi connectivity index (χ2v) is 10.9. The first-order valence-electron chi connectivity index (χ1n) is 13.3. The normalized spacial score (nSPS) is 26.0. The van der Waals surface area contributed by atoms with Gasteiger partial charge in [-0.3, -0.25) is 24.1 Å². The number of aliphatic hydroxyl groups excluding tert-OH is 2. The highest BCUT2D eigenvalue weighted by molar-refractivity contribution is 6.24. The van der Waals surface area contributed by atoms with Gasteiger partial charge in [-0.1, -0.05) is 26.2 Å². The van der Waals surface area contributed by atoms with Gasteiger partial charge in [0.05, 0.1) is 17.3 Å². The van der Waals surface area contributed by atoms with Gasteiger partial charge in [-0.25, -0.2) is 4.39 Å². The van der Waals surface area contributed by atoms with Crippen molar-refractivity contribution in [3.63, 3.8) is 0 Å². The van der Waals surface area contributed by atoms with Crippen LogP contribution >= 0.6 is 0 Å². The maximum atomic E-state index is 15.3. The third kappa shape index (κ3) is 4.44. The third-order valence-electron chi connectivity index (χ3n) is 8.20. The van der Waals surface area contributed by atoms with Crippen molar-refractivity contribution < 1.29 is 44.0 Å². The van der Waals surface area contributed by atoms with Crippen LogP contribution in [-0.4, -0.2) is 74.4 Å². The number of Topliss-reactive ketones (excluding diaryl/α,β-unsaturated/α-hetero) is 2. The average molecular weight is 560 g/mol. The van der Waals surface area contributed by atoms with Crippen LogP contribution in [0.5, 0.6) is 5.75 Å². The molecule has 1 saturated carbocycles. The van der Waals surface area contributed by atoms with Crippen molar-refractivity contribution in [3.8, 4) is 5.75 Å². The van der Waals surface area contributed by atoms with Crippen molar-refractivity contribution in [2.24, 2.45) is 17.6 Å². The number of nitrogens with two attached hydrogens (primary N) is 1. The van der Waals surface area contributed by atoms with Crippen LogP contribution in [0.25, 0.3) is 5.76 Å². The number of fused-ring (bicyclic) bond motifs is 3. The fourth-order valence-electron chi connectivity index (χ4n) is 6.29. The molecule has 3 aliphatic rings. The predicted molar refractivity (Wildman–Crippen MR) is 142 cm³/mol. The molecule has 0 bridgehead atoms. The SMILES string of the molecule is CCCCCCC(=O)Nc1cc(F)c2c(c1O)C(O)=C1C(=O)[C@]3(O)C(O)=C(C(N)=O)C(=O)[C@@H](N(C)C)[C@@H]3C[C@@H]1C2. The van der Waals surface area contributed by atoms with E-state index in [0.717, 1.165) is 25.3 Å². The number of phenols is 1. The summed E-state index contributed by atoms with van der Waals surface area (Å²) in [4.78, 5) is 52.8. The Bertz CT molecular complexity index is 1370. The largest absolute Gasteiger partial charge is 0.508 e. The van der Waals surface area contributed by atoms with Crippen LogP contribution < -0.4 is 11.1 Å². The summed E-state index contributed by atoms with van der Waals surface area (Å²) in [6.07, 6.45) is 3.16. The lowest BCUT2D eigenvalue weighted by Crippen LogP contribution is -2.65. The molecule has 4 atom stereocenters. The number of halogens is 1. The third-order valence-corrected chi connectivity index (χ3v) is 8.20. The van der Waals surface area contributed by atoms with E-state index in [2.05, 4.69) is 5.32 Å². The van der Waals surface area contributed by atoms with Crippen LogP contribution in [0.2, 0.25) is 0 Å². The van der Waals surface area contributed by atoms with Crippen molar-refractivity contribution in [2.45, 2.75) is 63.5 Å². The molecule has 0 radical (unpaired) electrons. The Morgan fingerprint density at radius 1 is 1.18 bits per heavy atom. The highest BCUT2D eigenvalue weighted by Gasteiger charge is 2.64. The lowest BCUT2D eigenvalue weighted by molar-refractivity contribution is -0.153. The lowest BCUT2D eigenvalue weighted by Gasteiger charge is -2.50. The van der Waals surface area contributed by atoms with E-state index in [1.54, 1.807) is 0 Å². The number of anilines is 1. The average Bonchev–Trinajstić information content (AvgIpc) is 2.86. The first-order valence-corrected chi connectivity index (χ1v) is 13.3. The molecule has 12 heteroatoms. The van der Waals surface area contributed by atoms with Gasteiger partial charge in [-0.15, -0.1) is 0 Å². The van der Waals surface area contributed by atoms with E-state index in [0.29, 0.717) is 6.42 Å². The minimum absolute atomic E-state index is 0.107. The molecule has 2 amide bonds. The summed E-state index contributed by atoms with van der Waals surface area (Å²) < 4.78 is 15.3. The Morgan fingerprint density at radius 2 is 1.85 bits per heavy atom. The van der Waals surface area contributed by atoms with Gasteiger partial charge in [0, 0.05) is 29.5 Å². The number of phenolic OH excluding ortho intramolecular Hbond substituents is 1. The molecule has 1 fully saturated rings. The Morgan fingerprint density at radius 3 is 2.45 bits per heavy atom. The highest BCUT2D eigenvalue weighted by Crippen LogP contribution is 2.53. The molecular weight excluding hydrogens is 525 g/mol. The number of aliphatic hydroxyl groups is 3. The zero-order valence-electron chi connectivity index (χ0n) is 22.6. The Balaban J connectivity index is 1.80. The monoisotopic (exact) mass is 559 g/mol. The molecule has 0 aliphatic heterocycles. The van der Waals surface area contributed by atoms with Crippen LogP contribution in [0.1, 0.15) is 56.6 Å². The summed E-state index contributed by atoms with van der Waals surface area (Å²) >= 11 is 0. The van der Waals surface area contributed by atoms with Gasteiger partial charge in [0.2, 0.25) is 11.7 Å². The number of primary amides is 1. The lowest BCUT2D eigenvalue weighted by atomic mass is 9.57. The number of carbonyl (C=O) groups is 4. The summed E-state index contributed by atoms with van der Waals surface area (Å²) in [6.45, 7) is 2.03. The van der Waals surface area contributed by atoms with Crippen LogP contribution in [0.15, 0.2) is 23.0 Å². The first kappa shape index (κ1) is 29.2. The summed E-state index contributed by atoms with van der Waals surface area (Å²) in [5.41, 5.74) is 0.383. The standard InChI is InChI=1S/C28H34FN3O8/c1-4-5-6-7-8-17(33)31-16-11-15(29)13-9-12-10-14-21(32(2)3)24(36)20(27(30)39)26(38)28(14,40)25(37)18(12)23(35)19(13)22(16)34/h11-12,14,21,34-35,38,40H,4-10H2,1-3H3,(H2,30,39)(H,31,33)/t12-,14-,21-,28-/m0/s1. The fourth-order valence-corrected chi connectivity index (χ4v) is 6.29. The maximum absolute atomic E-state index is 15.3. The molecule has 3 aliphatic carbocycles. The van der Waals surface area contributed by atoms with Gasteiger partial charge in [0.1, 0.15) is 22.9 Å². The molecule has 4 rings (SSSR count). The Labute approximate surface area is 230 Å². The van der Waals surface area contributed by atoms with Crippen molar-refractivity contribution in [1.82, 2.24) is 4.90 Å². The number of likely N-dealkylation sites (N-methyl/N-ethyl adjacent to an activating group) is 1. The van der Waals surface area contributed by atoms with E-state index in [4.69, 9.17) is 5.73 Å². The zero-order valence-corrected chi connectivity index (χ0v) is 22.6. The van der Waals surface area contributed by atoms with Gasteiger partial charge in [-0.05, 0) is 39.3 Å². The van der Waals surface area contributed by atoms with Crippen molar-refractivity contribution in [2.75, 3.05) is 19.4 Å². The number of aromatic hydroxyl groups is 1. The molecule has 0 unspecified atom stereocenters. The Hall–Kier alpha value is -3.77. The van der Waals surface area contributed by atoms with Crippen LogP contribution in [0.3, 0.4) is 0 Å². The van der Waals surface area contributed by atoms with E-state index in [9.17, 15) is 39.6 Å². The summed E-state index contributed by atoms with van der Waals surface area (Å²) in [5.74, 6) is -9.55. The minimum Gasteiger partial charge on any atom is -0.508 e. The van der Waals surface area contributed by atoms with E-state index in [-0.39, 0.29) is 30.5 Å². The van der Waals surface area contributed by atoms with E-state index in [1.165, 1.54) is 19.0 Å². The second-order valence-electron chi connectivity index (χ2n) is 10.9. The number of ketones is 2. The van der Waals surface area contributed by atoms with Gasteiger partial charge in [0.25, 0.3) is 5.91 Å². The van der Waals surface area contributed by atoms with Gasteiger partial charge >= 0.3 is 0 Å². The predicted octanol–water partition coefficient (Wildman–Crippen LogP) is 2.01. The number of rotatable bonds is 8. The molecule has 11 nitrogen and oxygen atoms in total. The molecule has 0 spiro atoms. The van der Waals surface area contributed by atoms with Crippen LogP contribution in [-0.2, 0) is 25.6 Å². The minimum atomic E-state index is -2.79. The number of nitrogens with one attached hydrogen (secondary N) is 1. The topological polar surface area (TPSA) is 190 Å². The number of unbranched alkanes of at least 4 members (excludes halogenated alkanes) is 3. The number of nitrogens with zero attached hydrogens (tertiary/aromatic N) is 1. The zero-order chi connectivity index (χ0) is 29.7. The first-order chi connectivity index (χ1) is 18.8. The smallest absolute Gasteiger partial charge is 0.255 e. The Kier molecular flexibility index (Phi) is 7.79. The summed E-state index contributed by atoms with van der Waals surface area (Å²) in [6, 6.07) is -0.289. The van der Waals surface area contributed by atoms with Crippen molar-refractivity contribution >= 4 is 34.8 Å². The van der Waals surface area contributed by atoms with Crippen molar-refractivity contribution in [3.05, 3.63) is 39.9 Å². The number of carbonyl (C=O) groups excluding carboxylic acids is 4. The van der Waals surface area contributed by atoms with Crippen LogP contribution in [0.4, 0.5) is 10.1 Å². The molecule has 1 aromatic rings. The van der Waals surface area contributed by atoms with Crippen molar-refractivity contribution in [1.29, 1.82) is 0 Å². The van der Waals surface area contributed by atoms with Gasteiger partial charge in [0.15, 0.2) is 17.1 Å². The van der Waals surface area contributed by atoms with Crippen LogP contribution in [0, 0.1) is 17.7 Å². The molecule has 216 valence electrons. The maximum Gasteiger partial charge on any atom is 0.255 e. The molecule has 0 heterocycles. The quantitative estimate of drug-likeness (QED) is 0.157. The summed E-state index contributed by atoms with van der Waals surface area (Å²) in [7, 11) is 2.98. The highest BCUT2D eigenvalue weighted by atomic mass is 19.1. The molecule has 0 aromatic heterocycles. The molecular formula is C28H34FN3O8. The summed E-state index contributed by atoms with van der Waals surface area (Å²) in [5, 5.41) is 47.1. The molecule has 1 aromatic carbocycles. The number of benzene rings is 1. The van der Waals surface area contributed by atoms with Gasteiger partial charge in [-0.2, -0.15) is 0 Å². The number of hydrogen-bond acceptors (Lipinski definition) is 9. The van der Waals surface area contributed by atoms with E-state index >= 15 is 4.39 Å². The van der Waals surface area contributed by atoms with E-state index in [1.807, 2.05) is 6.92 Å². The molecule has 0 saturated heterocycles. The number of hydrogen-bond donors (Lipinski definition) is 6. The second kappa shape index (κ2) is 10.7. The molecule has 7 N–H and O–H groups in total. The number of amides is 2.